The highest BCUT2D eigenvalue weighted by atomic mass is 14.7. The van der Waals surface area contributed by atoms with Crippen molar-refractivity contribution in [2.45, 2.75) is 112 Å². The van der Waals surface area contributed by atoms with Gasteiger partial charge in [-0.15, -0.1) is 12.3 Å². The molecule has 0 fully saturated rings. The predicted octanol–water partition coefficient (Wildman–Crippen LogP) is 9.22. The standard InChI is InChI=1S/C25H39N.C5H8/c1-11-12-13-14-15-16-26-22-20(24(5,6)7)17-19(23(2,3)4)18-21(22)25(8,9)10;1-3-5-4-2/h11-14,16-18H,15H2,1-10H3;1H,4-5H2,2H3/b12-11-,14-13-,26-16?;. The van der Waals surface area contributed by atoms with Crippen molar-refractivity contribution >= 4 is 11.9 Å². The van der Waals surface area contributed by atoms with Gasteiger partial charge in [0.15, 0.2) is 0 Å². The first-order valence-electron chi connectivity index (χ1n) is 11.6. The lowest BCUT2D eigenvalue weighted by atomic mass is 9.74. The number of benzene rings is 1. The maximum atomic E-state index is 4.96. The summed E-state index contributed by atoms with van der Waals surface area (Å²) in [5, 5.41) is 0. The minimum atomic E-state index is 0.0503. The van der Waals surface area contributed by atoms with Crippen molar-refractivity contribution in [3.8, 4) is 12.3 Å². The summed E-state index contributed by atoms with van der Waals surface area (Å²) in [5.74, 6) is 2.52. The number of aliphatic imine (C=N–C) groups is 1. The molecule has 0 amide bonds. The van der Waals surface area contributed by atoms with Crippen molar-refractivity contribution in [1.29, 1.82) is 0 Å². The lowest BCUT2D eigenvalue weighted by molar-refractivity contribution is 0.550. The zero-order valence-electron chi connectivity index (χ0n) is 22.2. The van der Waals surface area contributed by atoms with E-state index in [9.17, 15) is 0 Å². The molecule has 0 heterocycles. The van der Waals surface area contributed by atoms with E-state index in [4.69, 9.17) is 11.4 Å². The van der Waals surface area contributed by atoms with Crippen LogP contribution in [0.5, 0.6) is 0 Å². The number of nitrogens with zero attached hydrogens (tertiary/aromatic N) is 1. The van der Waals surface area contributed by atoms with E-state index < -0.39 is 0 Å². The van der Waals surface area contributed by atoms with Crippen molar-refractivity contribution < 1.29 is 0 Å². The third-order valence-corrected chi connectivity index (χ3v) is 4.89. The summed E-state index contributed by atoms with van der Waals surface area (Å²) >= 11 is 0. The molecule has 0 aliphatic carbocycles. The lowest BCUT2D eigenvalue weighted by Crippen LogP contribution is -2.21. The molecule has 0 N–H and O–H groups in total. The SMILES string of the molecule is C#CCCC.C/C=C\C=C/CC=Nc1c(C(C)(C)C)cc(C(C)(C)C)cc1C(C)(C)C. The van der Waals surface area contributed by atoms with E-state index in [-0.39, 0.29) is 16.2 Å². The molecule has 1 rings (SSSR count). The molecule has 0 aliphatic heterocycles. The third kappa shape index (κ3) is 10.7. The summed E-state index contributed by atoms with van der Waals surface area (Å²) in [4.78, 5) is 4.96. The van der Waals surface area contributed by atoms with Crippen molar-refractivity contribution in [2.24, 2.45) is 4.99 Å². The van der Waals surface area contributed by atoms with E-state index in [1.807, 2.05) is 25.3 Å². The van der Waals surface area contributed by atoms with E-state index in [0.29, 0.717) is 0 Å². The highest BCUT2D eigenvalue weighted by Gasteiger charge is 2.28. The Hall–Kier alpha value is -2.07. The third-order valence-electron chi connectivity index (χ3n) is 4.89. The highest BCUT2D eigenvalue weighted by Crippen LogP contribution is 2.42. The molecule has 0 atom stereocenters. The monoisotopic (exact) mass is 421 g/mol. The number of rotatable bonds is 5. The molecule has 1 heteroatoms. The van der Waals surface area contributed by atoms with Gasteiger partial charge in [0.05, 0.1) is 5.69 Å². The van der Waals surface area contributed by atoms with Crippen molar-refractivity contribution in [3.63, 3.8) is 0 Å². The maximum absolute atomic E-state index is 4.96. The Balaban J connectivity index is 0.00000161. The highest BCUT2D eigenvalue weighted by molar-refractivity contribution is 5.70. The smallest absolute Gasteiger partial charge is 0.0700 e. The molecule has 0 aliphatic rings. The average molecular weight is 422 g/mol. The Morgan fingerprint density at radius 2 is 1.39 bits per heavy atom. The molecule has 172 valence electrons. The van der Waals surface area contributed by atoms with Gasteiger partial charge in [-0.25, -0.2) is 0 Å². The molecule has 0 saturated heterocycles. The zero-order chi connectivity index (χ0) is 24.3. The number of hydrogen-bond donors (Lipinski definition) is 0. The second-order valence-corrected chi connectivity index (χ2v) is 11.1. The largest absolute Gasteiger partial charge is 0.260 e. The van der Waals surface area contributed by atoms with Gasteiger partial charge in [-0.1, -0.05) is 106 Å². The first kappa shape index (κ1) is 28.9. The fraction of sp³-hybridized carbons (Fsp3) is 0.567. The van der Waals surface area contributed by atoms with E-state index in [1.165, 1.54) is 16.7 Å². The van der Waals surface area contributed by atoms with Crippen LogP contribution in [0.2, 0.25) is 0 Å². The van der Waals surface area contributed by atoms with Gasteiger partial charge in [-0.2, -0.15) is 0 Å². The van der Waals surface area contributed by atoms with Gasteiger partial charge in [0, 0.05) is 19.1 Å². The Bertz CT molecular complexity index is 756. The summed E-state index contributed by atoms with van der Waals surface area (Å²) in [6.07, 6.45) is 18.1. The maximum Gasteiger partial charge on any atom is 0.0700 e. The summed E-state index contributed by atoms with van der Waals surface area (Å²) in [6.45, 7) is 24.7. The van der Waals surface area contributed by atoms with Crippen LogP contribution < -0.4 is 0 Å². The van der Waals surface area contributed by atoms with Crippen molar-refractivity contribution in [1.82, 2.24) is 0 Å². The van der Waals surface area contributed by atoms with Crippen LogP contribution in [0.25, 0.3) is 0 Å². The van der Waals surface area contributed by atoms with Gasteiger partial charge in [-0.05, 0) is 46.3 Å². The molecule has 0 aromatic heterocycles. The first-order chi connectivity index (χ1) is 14.2. The summed E-state index contributed by atoms with van der Waals surface area (Å²) in [7, 11) is 0. The molecule has 1 nitrogen and oxygen atoms in total. The van der Waals surface area contributed by atoms with E-state index in [2.05, 4.69) is 99.4 Å². The van der Waals surface area contributed by atoms with Gasteiger partial charge < -0.3 is 0 Å². The molecule has 0 radical (unpaired) electrons. The first-order valence-corrected chi connectivity index (χ1v) is 11.6. The second-order valence-electron chi connectivity index (χ2n) is 11.1. The molecular weight excluding hydrogens is 374 g/mol. The molecule has 1 aromatic carbocycles. The van der Waals surface area contributed by atoms with Crippen molar-refractivity contribution in [2.75, 3.05) is 0 Å². The molecule has 0 saturated carbocycles. The minimum Gasteiger partial charge on any atom is -0.260 e. The predicted molar refractivity (Wildman–Crippen MR) is 143 cm³/mol. The van der Waals surface area contributed by atoms with Crippen LogP contribution in [0.4, 0.5) is 5.69 Å². The molecule has 0 bridgehead atoms. The fourth-order valence-corrected chi connectivity index (χ4v) is 2.97. The average Bonchev–Trinajstić information content (AvgIpc) is 2.63. The van der Waals surface area contributed by atoms with Crippen LogP contribution in [0.15, 0.2) is 41.4 Å². The van der Waals surface area contributed by atoms with Crippen LogP contribution in [0.1, 0.15) is 112 Å². The molecular formula is C30H47N. The lowest BCUT2D eigenvalue weighted by Gasteiger charge is -2.32. The van der Waals surface area contributed by atoms with Gasteiger partial charge in [0.25, 0.3) is 0 Å². The minimum absolute atomic E-state index is 0.0503. The fourth-order valence-electron chi connectivity index (χ4n) is 2.97. The van der Waals surface area contributed by atoms with Crippen LogP contribution in [0.3, 0.4) is 0 Å². The van der Waals surface area contributed by atoms with Gasteiger partial charge >= 0.3 is 0 Å². The summed E-state index contributed by atoms with van der Waals surface area (Å²) in [6, 6.07) is 4.75. The molecule has 1 aromatic rings. The van der Waals surface area contributed by atoms with Gasteiger partial charge in [0.2, 0.25) is 0 Å². The number of terminal acetylenes is 1. The van der Waals surface area contributed by atoms with E-state index in [1.54, 1.807) is 0 Å². The summed E-state index contributed by atoms with van der Waals surface area (Å²) < 4.78 is 0. The quantitative estimate of drug-likeness (QED) is 0.255. The zero-order valence-corrected chi connectivity index (χ0v) is 22.2. The number of allylic oxidation sites excluding steroid dienone is 4. The summed E-state index contributed by atoms with van der Waals surface area (Å²) in [5.41, 5.74) is 5.43. The van der Waals surface area contributed by atoms with Crippen LogP contribution in [-0.2, 0) is 16.2 Å². The topological polar surface area (TPSA) is 12.4 Å². The van der Waals surface area contributed by atoms with Crippen LogP contribution in [-0.4, -0.2) is 6.21 Å². The van der Waals surface area contributed by atoms with Crippen LogP contribution >= 0.6 is 0 Å². The molecule has 31 heavy (non-hydrogen) atoms. The van der Waals surface area contributed by atoms with E-state index in [0.717, 1.165) is 24.9 Å². The van der Waals surface area contributed by atoms with Gasteiger partial charge in [-0.3, -0.25) is 4.99 Å². The Morgan fingerprint density at radius 1 is 0.871 bits per heavy atom. The van der Waals surface area contributed by atoms with Gasteiger partial charge in [0.1, 0.15) is 0 Å². The molecule has 0 unspecified atom stereocenters. The van der Waals surface area contributed by atoms with Crippen molar-refractivity contribution in [3.05, 3.63) is 53.1 Å². The Kier molecular flexibility index (Phi) is 11.9. The normalized spacial score (nSPS) is 13.0. The van der Waals surface area contributed by atoms with E-state index >= 15 is 0 Å². The number of unbranched alkanes of at least 4 members (excludes halogenated alkanes) is 1. The Morgan fingerprint density at radius 3 is 1.71 bits per heavy atom. The molecule has 0 spiro atoms. The Labute approximate surface area is 194 Å². The van der Waals surface area contributed by atoms with Crippen LogP contribution in [0, 0.1) is 12.3 Å². The second kappa shape index (κ2) is 12.7. The number of hydrogen-bond acceptors (Lipinski definition) is 1.